The van der Waals surface area contributed by atoms with Crippen LogP contribution in [0.15, 0.2) is 35.8 Å². The van der Waals surface area contributed by atoms with Crippen LogP contribution in [0, 0.1) is 5.82 Å². The first-order chi connectivity index (χ1) is 8.79. The van der Waals surface area contributed by atoms with Gasteiger partial charge in [-0.05, 0) is 24.6 Å². The number of hydrogen-bond donors (Lipinski definition) is 1. The molecule has 96 valence electrons. The first kappa shape index (κ1) is 13.2. The van der Waals surface area contributed by atoms with Gasteiger partial charge in [-0.2, -0.15) is 0 Å². The fourth-order valence-corrected chi connectivity index (χ4v) is 2.70. The van der Waals surface area contributed by atoms with Gasteiger partial charge < -0.3 is 5.32 Å². The molecule has 1 unspecified atom stereocenters. The normalized spacial score (nSPS) is 12.6. The highest BCUT2D eigenvalue weighted by atomic mass is 32.1. The summed E-state index contributed by atoms with van der Waals surface area (Å²) in [6.07, 6.45) is 3.35. The summed E-state index contributed by atoms with van der Waals surface area (Å²) in [7, 11) is 0. The Morgan fingerprint density at radius 1 is 1.33 bits per heavy atom. The average Bonchev–Trinajstić information content (AvgIpc) is 2.85. The van der Waals surface area contributed by atoms with E-state index in [1.807, 2.05) is 23.7 Å². The molecule has 0 fully saturated rings. The van der Waals surface area contributed by atoms with Gasteiger partial charge in [0.05, 0.1) is 5.01 Å². The van der Waals surface area contributed by atoms with Gasteiger partial charge in [0, 0.05) is 24.0 Å². The van der Waals surface area contributed by atoms with Gasteiger partial charge in [0.15, 0.2) is 0 Å². The van der Waals surface area contributed by atoms with Crippen molar-refractivity contribution in [1.82, 2.24) is 10.3 Å². The summed E-state index contributed by atoms with van der Waals surface area (Å²) in [4.78, 5) is 4.29. The largest absolute Gasteiger partial charge is 0.314 e. The highest BCUT2D eigenvalue weighted by Crippen LogP contribution is 2.13. The molecular formula is C14H17FN2S. The molecule has 0 aliphatic carbocycles. The highest BCUT2D eigenvalue weighted by Gasteiger charge is 2.13. The second-order valence-corrected chi connectivity index (χ2v) is 5.16. The van der Waals surface area contributed by atoms with Gasteiger partial charge in [-0.15, -0.1) is 11.3 Å². The van der Waals surface area contributed by atoms with Crippen LogP contribution in [-0.2, 0) is 12.8 Å². The minimum absolute atomic E-state index is 0.125. The maximum Gasteiger partial charge on any atom is 0.126 e. The van der Waals surface area contributed by atoms with Gasteiger partial charge in [-0.25, -0.2) is 9.37 Å². The Hall–Kier alpha value is -1.26. The van der Waals surface area contributed by atoms with Crippen molar-refractivity contribution in [1.29, 1.82) is 0 Å². The molecule has 1 atom stereocenters. The van der Waals surface area contributed by atoms with E-state index in [4.69, 9.17) is 0 Å². The number of aromatic nitrogens is 1. The van der Waals surface area contributed by atoms with Crippen LogP contribution in [0.1, 0.15) is 17.5 Å². The van der Waals surface area contributed by atoms with Crippen LogP contribution in [0.3, 0.4) is 0 Å². The van der Waals surface area contributed by atoms with Crippen molar-refractivity contribution in [2.24, 2.45) is 0 Å². The molecule has 2 rings (SSSR count). The molecule has 1 aromatic heterocycles. The van der Waals surface area contributed by atoms with Crippen LogP contribution in [-0.4, -0.2) is 17.6 Å². The number of nitrogens with one attached hydrogen (secondary N) is 1. The Morgan fingerprint density at radius 2 is 2.17 bits per heavy atom. The lowest BCUT2D eigenvalue weighted by Gasteiger charge is -2.17. The number of thiazole rings is 1. The lowest BCUT2D eigenvalue weighted by atomic mass is 10.0. The molecule has 1 heterocycles. The number of rotatable bonds is 6. The topological polar surface area (TPSA) is 24.9 Å². The van der Waals surface area contributed by atoms with Crippen LogP contribution in [0.2, 0.25) is 0 Å². The predicted octanol–water partition coefficient (Wildman–Crippen LogP) is 3.05. The summed E-state index contributed by atoms with van der Waals surface area (Å²) in [6, 6.07) is 7.20. The molecule has 4 heteroatoms. The fourth-order valence-electron chi connectivity index (χ4n) is 2.00. The third kappa shape index (κ3) is 3.62. The standard InChI is InChI=1S/C14H17FN2S/c1-2-16-12(10-14-17-7-8-18-14)9-11-5-3-4-6-13(11)15/h3-8,12,16H,2,9-10H2,1H3. The molecule has 0 aliphatic rings. The van der Waals surface area contributed by atoms with Crippen molar-refractivity contribution in [3.63, 3.8) is 0 Å². The second kappa shape index (κ2) is 6.61. The molecule has 2 nitrogen and oxygen atoms in total. The number of nitrogens with zero attached hydrogens (tertiary/aromatic N) is 1. The Kier molecular flexibility index (Phi) is 4.84. The predicted molar refractivity (Wildman–Crippen MR) is 73.4 cm³/mol. The first-order valence-electron chi connectivity index (χ1n) is 6.14. The molecule has 0 bridgehead atoms. The van der Waals surface area contributed by atoms with E-state index in [-0.39, 0.29) is 11.9 Å². The molecule has 0 saturated heterocycles. The summed E-state index contributed by atoms with van der Waals surface area (Å²) in [6.45, 7) is 2.95. The molecule has 0 aliphatic heterocycles. The highest BCUT2D eigenvalue weighted by molar-refractivity contribution is 7.09. The maximum absolute atomic E-state index is 13.6. The maximum atomic E-state index is 13.6. The summed E-state index contributed by atoms with van der Waals surface area (Å²) < 4.78 is 13.6. The fraction of sp³-hybridized carbons (Fsp3) is 0.357. The lowest BCUT2D eigenvalue weighted by molar-refractivity contribution is 0.505. The molecule has 2 aromatic rings. The Bertz CT molecular complexity index is 470. The van der Waals surface area contributed by atoms with E-state index in [0.717, 1.165) is 23.5 Å². The molecule has 1 N–H and O–H groups in total. The van der Waals surface area contributed by atoms with Crippen molar-refractivity contribution in [3.8, 4) is 0 Å². The average molecular weight is 264 g/mol. The van der Waals surface area contributed by atoms with Crippen molar-refractivity contribution in [2.45, 2.75) is 25.8 Å². The van der Waals surface area contributed by atoms with E-state index >= 15 is 0 Å². The summed E-state index contributed by atoms with van der Waals surface area (Å²) in [5, 5.41) is 6.46. The third-order valence-corrected chi connectivity index (χ3v) is 3.62. The molecule has 0 spiro atoms. The van der Waals surface area contributed by atoms with E-state index in [9.17, 15) is 4.39 Å². The molecule has 0 saturated carbocycles. The van der Waals surface area contributed by atoms with E-state index in [1.54, 1.807) is 17.4 Å². The first-order valence-corrected chi connectivity index (χ1v) is 7.02. The van der Waals surface area contributed by atoms with E-state index in [2.05, 4.69) is 17.2 Å². The minimum atomic E-state index is -0.125. The summed E-state index contributed by atoms with van der Waals surface area (Å²) in [5.74, 6) is -0.125. The van der Waals surface area contributed by atoms with Crippen LogP contribution >= 0.6 is 11.3 Å². The van der Waals surface area contributed by atoms with Gasteiger partial charge in [0.1, 0.15) is 5.82 Å². The summed E-state index contributed by atoms with van der Waals surface area (Å²) in [5.41, 5.74) is 0.764. The SMILES string of the molecule is CCNC(Cc1nccs1)Cc1ccccc1F. The van der Waals surface area contributed by atoms with Crippen LogP contribution in [0.5, 0.6) is 0 Å². The van der Waals surface area contributed by atoms with Crippen molar-refractivity contribution >= 4 is 11.3 Å². The molecule has 18 heavy (non-hydrogen) atoms. The van der Waals surface area contributed by atoms with Crippen molar-refractivity contribution in [2.75, 3.05) is 6.54 Å². The quantitative estimate of drug-likeness (QED) is 0.867. The lowest BCUT2D eigenvalue weighted by Crippen LogP contribution is -2.33. The van der Waals surface area contributed by atoms with E-state index < -0.39 is 0 Å². The number of halogens is 1. The third-order valence-electron chi connectivity index (χ3n) is 2.82. The molecular weight excluding hydrogens is 247 g/mol. The van der Waals surface area contributed by atoms with Crippen LogP contribution in [0.4, 0.5) is 4.39 Å². The Morgan fingerprint density at radius 3 is 2.83 bits per heavy atom. The van der Waals surface area contributed by atoms with Crippen molar-refractivity contribution < 1.29 is 4.39 Å². The van der Waals surface area contributed by atoms with Gasteiger partial charge in [-0.3, -0.25) is 0 Å². The molecule has 0 amide bonds. The van der Waals surface area contributed by atoms with Crippen LogP contribution < -0.4 is 5.32 Å². The van der Waals surface area contributed by atoms with Gasteiger partial charge >= 0.3 is 0 Å². The van der Waals surface area contributed by atoms with Gasteiger partial charge in [-0.1, -0.05) is 25.1 Å². The van der Waals surface area contributed by atoms with Gasteiger partial charge in [0.2, 0.25) is 0 Å². The monoisotopic (exact) mass is 264 g/mol. The zero-order valence-corrected chi connectivity index (χ0v) is 11.2. The zero-order valence-electron chi connectivity index (χ0n) is 10.4. The van der Waals surface area contributed by atoms with Crippen LogP contribution in [0.25, 0.3) is 0 Å². The molecule has 0 radical (unpaired) electrons. The number of benzene rings is 1. The second-order valence-electron chi connectivity index (χ2n) is 4.18. The Labute approximate surface area is 111 Å². The van der Waals surface area contributed by atoms with Crippen molar-refractivity contribution in [3.05, 3.63) is 52.2 Å². The van der Waals surface area contributed by atoms with Gasteiger partial charge in [0.25, 0.3) is 0 Å². The van der Waals surface area contributed by atoms with E-state index in [0.29, 0.717) is 6.42 Å². The number of likely N-dealkylation sites (N-methyl/N-ethyl adjacent to an activating group) is 1. The van der Waals surface area contributed by atoms with E-state index in [1.165, 1.54) is 6.07 Å². The number of hydrogen-bond acceptors (Lipinski definition) is 3. The zero-order chi connectivity index (χ0) is 12.8. The summed E-state index contributed by atoms with van der Waals surface area (Å²) >= 11 is 1.65. The Balaban J connectivity index is 2.04. The molecule has 1 aromatic carbocycles. The smallest absolute Gasteiger partial charge is 0.126 e. The minimum Gasteiger partial charge on any atom is -0.314 e.